The van der Waals surface area contributed by atoms with Crippen LogP contribution in [-0.2, 0) is 38.8 Å². The van der Waals surface area contributed by atoms with Crippen molar-refractivity contribution in [1.29, 1.82) is 0 Å². The highest BCUT2D eigenvalue weighted by molar-refractivity contribution is 7.98. The quantitative estimate of drug-likeness (QED) is 0.0500. The monoisotopic (exact) mass is 986 g/mol. The molecule has 0 bridgehead atoms. The van der Waals surface area contributed by atoms with Crippen LogP contribution in [0.4, 0.5) is 27.1 Å². The third-order valence-corrected chi connectivity index (χ3v) is 13.2. The van der Waals surface area contributed by atoms with Crippen LogP contribution in [0.2, 0.25) is 0 Å². The van der Waals surface area contributed by atoms with E-state index in [1.807, 2.05) is 48.7 Å². The molecule has 0 spiro atoms. The molecule has 0 saturated carbocycles. The molecule has 0 atom stereocenters. The summed E-state index contributed by atoms with van der Waals surface area (Å²) in [6, 6.07) is 30.5. The largest absolute Gasteiger partial charge is 0.493 e. The first-order valence-electron chi connectivity index (χ1n) is 22.8. The molecule has 18 heteroatoms. The molecule has 0 aromatic heterocycles. The second-order valence-corrected chi connectivity index (χ2v) is 17.7. The number of halogens is 1. The van der Waals surface area contributed by atoms with Gasteiger partial charge in [-0.25, -0.2) is 4.39 Å². The maximum Gasteiger partial charge on any atom is 0.282 e. The summed E-state index contributed by atoms with van der Waals surface area (Å²) < 4.78 is 35.3. The number of ether oxygens (including phenoxy) is 4. The summed E-state index contributed by atoms with van der Waals surface area (Å²) in [5, 5.41) is 27.9. The van der Waals surface area contributed by atoms with Gasteiger partial charge in [-0.15, -0.1) is 11.8 Å². The first-order valence-corrected chi connectivity index (χ1v) is 24.0. The second-order valence-electron chi connectivity index (χ2n) is 16.9. The molecule has 6 aromatic carbocycles. The van der Waals surface area contributed by atoms with E-state index in [2.05, 4.69) is 38.6 Å². The Hall–Kier alpha value is -7.54. The fraction of sp³-hybridized carbons (Fsp3) is 0.283. The maximum absolute atomic E-state index is 13.5. The molecule has 370 valence electrons. The Kier molecular flexibility index (Phi) is 17.2. The number of carbonyl (C=O) groups is 2. The van der Waals surface area contributed by atoms with Gasteiger partial charge in [0.2, 0.25) is 0 Å². The zero-order chi connectivity index (χ0) is 50.6. The number of anilines is 2. The Balaban J connectivity index is 0.000000209. The lowest BCUT2D eigenvalue weighted by Gasteiger charge is -2.29. The van der Waals surface area contributed by atoms with Gasteiger partial charge in [0.25, 0.3) is 23.2 Å². The average Bonchev–Trinajstić information content (AvgIpc) is 3.39. The van der Waals surface area contributed by atoms with Crippen molar-refractivity contribution in [1.82, 2.24) is 9.80 Å². The topological polar surface area (TPSA) is 188 Å². The standard InChI is InChI=1S/C27H29N3O5S.C26H26FN3O5/c1-34-25-14-19-11-13-29(17-20(19)15-26(25)35-2)12-10-18-4-6-21(7-5-18)28-27(31)23-16-22(36-3)8-9-24(23)30(32)33;1-34-24-13-18-10-12-29(16-19(18)14-25(24)35-2)11-9-17-3-6-21(7-4-17)28-26(31)22-15-20(27)5-8-23(22)30(32)33/h4-9,14-16H,10-13,17H2,1-3H3,(H,28,31);3-8,13-15H,9-12,16H2,1-2H3,(H,28,31). The smallest absolute Gasteiger partial charge is 0.282 e. The number of nitro benzene ring substituents is 2. The number of nitrogens with zero attached hydrogens (tertiary/aromatic N) is 4. The number of amides is 2. The molecule has 16 nitrogen and oxygen atoms in total. The number of carbonyl (C=O) groups excluding carboxylic acids is 2. The second kappa shape index (κ2) is 23.9. The van der Waals surface area contributed by atoms with Crippen LogP contribution < -0.4 is 29.6 Å². The molecule has 0 aliphatic carbocycles. The number of thioether (sulfide) groups is 1. The molecule has 2 N–H and O–H groups in total. The van der Waals surface area contributed by atoms with Gasteiger partial charge in [0.15, 0.2) is 23.0 Å². The Labute approximate surface area is 415 Å². The van der Waals surface area contributed by atoms with Crippen LogP contribution in [0.3, 0.4) is 0 Å². The highest BCUT2D eigenvalue weighted by Crippen LogP contribution is 2.35. The van der Waals surface area contributed by atoms with E-state index in [4.69, 9.17) is 18.9 Å². The van der Waals surface area contributed by atoms with Crippen LogP contribution in [-0.4, -0.2) is 92.3 Å². The summed E-state index contributed by atoms with van der Waals surface area (Å²) in [6.45, 7) is 5.39. The van der Waals surface area contributed by atoms with E-state index in [9.17, 15) is 34.2 Å². The van der Waals surface area contributed by atoms with Crippen molar-refractivity contribution in [2.24, 2.45) is 0 Å². The predicted octanol–water partition coefficient (Wildman–Crippen LogP) is 9.79. The minimum absolute atomic E-state index is 0.0514. The number of benzene rings is 6. The van der Waals surface area contributed by atoms with Crippen molar-refractivity contribution in [3.63, 3.8) is 0 Å². The molecule has 0 radical (unpaired) electrons. The van der Waals surface area contributed by atoms with Crippen molar-refractivity contribution >= 4 is 46.3 Å². The fourth-order valence-electron chi connectivity index (χ4n) is 8.58. The Morgan fingerprint density at radius 1 is 0.577 bits per heavy atom. The summed E-state index contributed by atoms with van der Waals surface area (Å²) in [6.07, 6.45) is 5.46. The molecule has 0 unspecified atom stereocenters. The van der Waals surface area contributed by atoms with Crippen LogP contribution in [0.5, 0.6) is 23.0 Å². The van der Waals surface area contributed by atoms with Gasteiger partial charge in [-0.1, -0.05) is 24.3 Å². The highest BCUT2D eigenvalue weighted by atomic mass is 32.2. The van der Waals surface area contributed by atoms with E-state index in [0.717, 1.165) is 122 Å². The Morgan fingerprint density at radius 2 is 0.972 bits per heavy atom. The highest BCUT2D eigenvalue weighted by Gasteiger charge is 2.24. The van der Waals surface area contributed by atoms with E-state index in [0.29, 0.717) is 11.4 Å². The minimum atomic E-state index is -0.733. The molecule has 8 rings (SSSR count). The summed E-state index contributed by atoms with van der Waals surface area (Å²) in [4.78, 5) is 52.1. The number of hydrogen-bond donors (Lipinski definition) is 2. The molecular weight excluding hydrogens is 932 g/mol. The lowest BCUT2D eigenvalue weighted by Crippen LogP contribution is -2.32. The molecule has 6 aromatic rings. The summed E-state index contributed by atoms with van der Waals surface area (Å²) in [7, 11) is 6.58. The van der Waals surface area contributed by atoms with Crippen molar-refractivity contribution < 1.29 is 42.8 Å². The summed E-state index contributed by atoms with van der Waals surface area (Å²) >= 11 is 1.43. The summed E-state index contributed by atoms with van der Waals surface area (Å²) in [5.41, 5.74) is 7.47. The van der Waals surface area contributed by atoms with E-state index < -0.39 is 33.2 Å². The Bertz CT molecular complexity index is 2900. The van der Waals surface area contributed by atoms with E-state index in [1.54, 1.807) is 52.7 Å². The average molecular weight is 987 g/mol. The van der Waals surface area contributed by atoms with Gasteiger partial charge in [-0.05, 0) is 138 Å². The lowest BCUT2D eigenvalue weighted by atomic mass is 9.98. The van der Waals surface area contributed by atoms with Gasteiger partial charge < -0.3 is 29.6 Å². The van der Waals surface area contributed by atoms with Crippen molar-refractivity contribution in [2.45, 2.75) is 43.7 Å². The third-order valence-electron chi connectivity index (χ3n) is 12.5. The molecule has 2 heterocycles. The molecule has 0 saturated heterocycles. The van der Waals surface area contributed by atoms with E-state index in [1.165, 1.54) is 40.1 Å². The van der Waals surface area contributed by atoms with Crippen molar-refractivity contribution in [2.75, 3.05) is 71.5 Å². The number of hydrogen-bond acceptors (Lipinski definition) is 13. The van der Waals surface area contributed by atoms with Gasteiger partial charge in [-0.3, -0.25) is 39.6 Å². The number of methoxy groups -OCH3 is 4. The molecule has 2 aliphatic rings. The maximum atomic E-state index is 13.5. The van der Waals surface area contributed by atoms with Gasteiger partial charge in [-0.2, -0.15) is 0 Å². The zero-order valence-electron chi connectivity index (χ0n) is 40.1. The zero-order valence-corrected chi connectivity index (χ0v) is 40.9. The normalized spacial score (nSPS) is 13.1. The Morgan fingerprint density at radius 3 is 1.37 bits per heavy atom. The van der Waals surface area contributed by atoms with Crippen LogP contribution in [0, 0.1) is 26.0 Å². The lowest BCUT2D eigenvalue weighted by molar-refractivity contribution is -0.385. The van der Waals surface area contributed by atoms with E-state index >= 15 is 0 Å². The van der Waals surface area contributed by atoms with Crippen LogP contribution >= 0.6 is 11.8 Å². The third kappa shape index (κ3) is 13.0. The van der Waals surface area contributed by atoms with Crippen molar-refractivity contribution in [3.8, 4) is 23.0 Å². The first-order chi connectivity index (χ1) is 34.3. The number of nitro groups is 2. The number of rotatable bonds is 17. The number of fused-ring (bicyclic) bond motifs is 2. The fourth-order valence-corrected chi connectivity index (χ4v) is 9.02. The summed E-state index contributed by atoms with van der Waals surface area (Å²) in [5.74, 6) is 1.05. The van der Waals surface area contributed by atoms with Gasteiger partial charge in [0, 0.05) is 67.7 Å². The molecule has 2 amide bonds. The van der Waals surface area contributed by atoms with Crippen LogP contribution in [0.25, 0.3) is 0 Å². The molecule has 0 fully saturated rings. The van der Waals surface area contributed by atoms with Crippen LogP contribution in [0.15, 0.2) is 114 Å². The molecule has 71 heavy (non-hydrogen) atoms. The van der Waals surface area contributed by atoms with Gasteiger partial charge >= 0.3 is 0 Å². The molecule has 2 aliphatic heterocycles. The van der Waals surface area contributed by atoms with Crippen molar-refractivity contribution in [3.05, 3.63) is 180 Å². The number of nitrogens with one attached hydrogen (secondary N) is 2. The first kappa shape index (κ1) is 51.3. The molecular formula is C53H55FN6O10S. The van der Waals surface area contributed by atoms with E-state index in [-0.39, 0.29) is 16.8 Å². The van der Waals surface area contributed by atoms with Crippen LogP contribution in [0.1, 0.15) is 54.1 Å². The van der Waals surface area contributed by atoms with Gasteiger partial charge in [0.1, 0.15) is 16.9 Å². The predicted molar refractivity (Wildman–Crippen MR) is 271 cm³/mol. The SMILES string of the molecule is COc1cc2c(cc1OC)CN(CCc1ccc(NC(=O)c3cc(F)ccc3[N+](=O)[O-])cc1)CC2.COc1cc2c(cc1OC)CN(CCc1ccc(NC(=O)c3cc(SC)ccc3[N+](=O)[O-])cc1)CC2. The van der Waals surface area contributed by atoms with Gasteiger partial charge in [0.05, 0.1) is 38.3 Å². The minimum Gasteiger partial charge on any atom is -0.493 e.